The fraction of sp³-hybridized carbons (Fsp3) is 0.0625. The van der Waals surface area contributed by atoms with Crippen LogP contribution in [0.5, 0.6) is 0 Å². The summed E-state index contributed by atoms with van der Waals surface area (Å²) in [6.07, 6.45) is 0. The number of aromatic nitrogens is 2. The molecule has 2 unspecified atom stereocenters. The van der Waals surface area contributed by atoms with Gasteiger partial charge in [0.1, 0.15) is 0 Å². The Morgan fingerprint density at radius 3 is 1.27 bits per heavy atom. The Balaban J connectivity index is 1.06. The summed E-state index contributed by atoms with van der Waals surface area (Å²) in [5.41, 5.74) is 22.6. The van der Waals surface area contributed by atoms with E-state index in [4.69, 9.17) is 0 Å². The summed E-state index contributed by atoms with van der Waals surface area (Å²) in [6, 6.07) is 85.1. The van der Waals surface area contributed by atoms with Crippen LogP contribution in [0.25, 0.3) is 111 Å². The van der Waals surface area contributed by atoms with E-state index in [2.05, 4.69) is 254 Å². The molecule has 2 nitrogen and oxygen atoms in total. The van der Waals surface area contributed by atoms with Crippen LogP contribution in [0, 0.1) is 0 Å². The summed E-state index contributed by atoms with van der Waals surface area (Å²) in [6.45, 7) is 4.90. The van der Waals surface area contributed by atoms with E-state index >= 15 is 0 Å². The maximum atomic E-state index is 2.54. The van der Waals surface area contributed by atoms with Crippen LogP contribution in [0.2, 0.25) is 0 Å². The number of para-hydroxylation sites is 2. The first kappa shape index (κ1) is 38.3. The first-order valence-corrected chi connectivity index (χ1v) is 23.2. The van der Waals surface area contributed by atoms with Gasteiger partial charge in [-0.25, -0.2) is 0 Å². The highest BCUT2D eigenvalue weighted by atomic mass is 15.0. The molecule has 312 valence electrons. The Morgan fingerprint density at radius 2 is 0.727 bits per heavy atom. The van der Waals surface area contributed by atoms with Gasteiger partial charge in [-0.1, -0.05) is 184 Å². The zero-order valence-corrected chi connectivity index (χ0v) is 37.0. The van der Waals surface area contributed by atoms with Gasteiger partial charge in [0.25, 0.3) is 0 Å². The zero-order chi connectivity index (χ0) is 43.9. The lowest BCUT2D eigenvalue weighted by atomic mass is 9.72. The van der Waals surface area contributed by atoms with Gasteiger partial charge in [0.15, 0.2) is 0 Å². The van der Waals surface area contributed by atoms with Crippen molar-refractivity contribution in [2.75, 3.05) is 0 Å². The Hall–Kier alpha value is -8.20. The van der Waals surface area contributed by atoms with Gasteiger partial charge in [0, 0.05) is 32.9 Å². The third-order valence-corrected chi connectivity index (χ3v) is 14.6. The summed E-state index contributed by atoms with van der Waals surface area (Å²) in [5, 5.41) is 5.12. The van der Waals surface area contributed by atoms with Gasteiger partial charge in [0.05, 0.1) is 22.1 Å². The predicted molar refractivity (Wildman–Crippen MR) is 279 cm³/mol. The smallest absolute Gasteiger partial charge is 0.0582 e. The molecule has 0 aliphatic heterocycles. The van der Waals surface area contributed by atoms with Crippen molar-refractivity contribution in [1.82, 2.24) is 9.13 Å². The van der Waals surface area contributed by atoms with Gasteiger partial charge < -0.3 is 9.13 Å². The second kappa shape index (κ2) is 15.2. The summed E-state index contributed by atoms with van der Waals surface area (Å²) in [7, 11) is 0. The second-order valence-electron chi connectivity index (χ2n) is 18.1. The highest BCUT2D eigenvalue weighted by Gasteiger charge is 2.33. The minimum Gasteiger partial charge on any atom is -0.309 e. The molecule has 2 heteroatoms. The maximum Gasteiger partial charge on any atom is 0.0582 e. The highest BCUT2D eigenvalue weighted by molar-refractivity contribution is 6.15. The third-order valence-electron chi connectivity index (χ3n) is 14.6. The van der Waals surface area contributed by atoms with Crippen LogP contribution in [0.3, 0.4) is 0 Å². The van der Waals surface area contributed by atoms with E-state index in [-0.39, 0.29) is 11.8 Å². The summed E-state index contributed by atoms with van der Waals surface area (Å²) < 4.78 is 5.02. The van der Waals surface area contributed by atoms with Crippen molar-refractivity contribution in [3.63, 3.8) is 0 Å². The fourth-order valence-corrected chi connectivity index (χ4v) is 11.3. The molecule has 2 atom stereocenters. The van der Waals surface area contributed by atoms with E-state index < -0.39 is 0 Å². The normalized spacial score (nSPS) is 14.5. The van der Waals surface area contributed by atoms with Crippen molar-refractivity contribution in [3.8, 4) is 67.0 Å². The lowest BCUT2D eigenvalue weighted by Crippen LogP contribution is -2.15. The number of fused-ring (bicyclic) bond motifs is 10. The molecule has 0 saturated heterocycles. The molecule has 0 spiro atoms. The van der Waals surface area contributed by atoms with E-state index in [0.29, 0.717) is 0 Å². The Labute approximate surface area is 385 Å². The Bertz CT molecular complexity index is 3730. The van der Waals surface area contributed by atoms with Crippen LogP contribution in [0.15, 0.2) is 231 Å². The van der Waals surface area contributed by atoms with Crippen LogP contribution in [0.1, 0.15) is 36.8 Å². The van der Waals surface area contributed by atoms with Crippen molar-refractivity contribution in [2.24, 2.45) is 0 Å². The zero-order valence-electron chi connectivity index (χ0n) is 37.0. The minimum absolute atomic E-state index is 0.259. The maximum absolute atomic E-state index is 2.54. The van der Waals surface area contributed by atoms with Crippen LogP contribution in [0.4, 0.5) is 0 Å². The molecule has 0 N–H and O–H groups in total. The molecule has 1 aliphatic rings. The topological polar surface area (TPSA) is 9.86 Å². The Morgan fingerprint density at radius 1 is 0.288 bits per heavy atom. The van der Waals surface area contributed by atoms with Gasteiger partial charge in [0.2, 0.25) is 0 Å². The molecule has 12 aromatic rings. The van der Waals surface area contributed by atoms with Crippen LogP contribution >= 0.6 is 0 Å². The molecule has 2 aromatic heterocycles. The van der Waals surface area contributed by atoms with Crippen molar-refractivity contribution in [2.45, 2.75) is 25.7 Å². The first-order chi connectivity index (χ1) is 32.6. The molecule has 66 heavy (non-hydrogen) atoms. The first-order valence-electron chi connectivity index (χ1n) is 23.2. The average Bonchev–Trinajstić information content (AvgIpc) is 3.90. The molecule has 0 radical (unpaired) electrons. The average molecular weight is 843 g/mol. The highest BCUT2D eigenvalue weighted by Crippen LogP contribution is 2.53. The molecule has 0 bridgehead atoms. The van der Waals surface area contributed by atoms with Crippen LogP contribution < -0.4 is 0 Å². The van der Waals surface area contributed by atoms with E-state index in [1.165, 1.54) is 116 Å². The van der Waals surface area contributed by atoms with Crippen molar-refractivity contribution < 1.29 is 0 Å². The number of nitrogens with zero attached hydrogens (tertiary/aromatic N) is 2. The van der Waals surface area contributed by atoms with Gasteiger partial charge in [-0.15, -0.1) is 0 Å². The SMILES string of the molecule is CC1c2cc3c4cc(-c5ccccc5-c5ccccc5)ccc4n(-c4ccccc4)c3cc2-c2ccc3c4cc(-c5ccccc5-c5ccccc5)ccc4n(-c4ccccc4)c3c2C1C. The van der Waals surface area contributed by atoms with E-state index in [1.807, 2.05) is 0 Å². The summed E-state index contributed by atoms with van der Waals surface area (Å²) in [5.74, 6) is 0.532. The quantitative estimate of drug-likeness (QED) is 0.158. The molecule has 0 amide bonds. The molecule has 13 rings (SSSR count). The lowest BCUT2D eigenvalue weighted by Gasteiger charge is -2.33. The second-order valence-corrected chi connectivity index (χ2v) is 18.1. The van der Waals surface area contributed by atoms with E-state index in [0.717, 1.165) is 5.69 Å². The van der Waals surface area contributed by atoms with Crippen LogP contribution in [-0.2, 0) is 0 Å². The van der Waals surface area contributed by atoms with Gasteiger partial charge >= 0.3 is 0 Å². The van der Waals surface area contributed by atoms with Gasteiger partial charge in [-0.3, -0.25) is 0 Å². The van der Waals surface area contributed by atoms with E-state index in [9.17, 15) is 0 Å². The molecular weight excluding hydrogens is 797 g/mol. The standard InChI is InChI=1S/C64H46N2/c1-41-42(2)63-53(33-34-54-57-37-45(51-29-17-15-27-49(51)43-19-7-3-8-20-43)32-36-61(57)66(64(54)63)48-25-13-6-14-26-48)56-40-62-59(39-55(41)56)58-38-46(31-35-60(58)65(62)47-23-11-5-12-24-47)52-30-18-16-28-50(52)44-21-9-4-10-22-44/h3-42H,1-2H3. The van der Waals surface area contributed by atoms with Crippen molar-refractivity contribution >= 4 is 43.6 Å². The van der Waals surface area contributed by atoms with Crippen molar-refractivity contribution in [1.29, 1.82) is 0 Å². The summed E-state index contributed by atoms with van der Waals surface area (Å²) in [4.78, 5) is 0. The minimum atomic E-state index is 0.259. The van der Waals surface area contributed by atoms with Crippen LogP contribution in [-0.4, -0.2) is 9.13 Å². The summed E-state index contributed by atoms with van der Waals surface area (Å²) >= 11 is 0. The lowest BCUT2D eigenvalue weighted by molar-refractivity contribution is 0.619. The third kappa shape index (κ3) is 5.88. The molecule has 0 saturated carbocycles. The number of rotatable bonds is 6. The number of hydrogen-bond donors (Lipinski definition) is 0. The molecule has 1 aliphatic carbocycles. The largest absolute Gasteiger partial charge is 0.309 e. The van der Waals surface area contributed by atoms with E-state index in [1.54, 1.807) is 0 Å². The van der Waals surface area contributed by atoms with Gasteiger partial charge in [-0.2, -0.15) is 0 Å². The van der Waals surface area contributed by atoms with Gasteiger partial charge in [-0.05, 0) is 139 Å². The molecule has 0 fully saturated rings. The predicted octanol–water partition coefficient (Wildman–Crippen LogP) is 17.4. The Kier molecular flexibility index (Phi) is 8.83. The number of hydrogen-bond acceptors (Lipinski definition) is 0. The molecule has 2 heterocycles. The fourth-order valence-electron chi connectivity index (χ4n) is 11.3. The van der Waals surface area contributed by atoms with Crippen molar-refractivity contribution in [3.05, 3.63) is 242 Å². The number of benzene rings is 10. The molecule has 10 aromatic carbocycles. The monoisotopic (exact) mass is 842 g/mol. The molecular formula is C64H46N2.